The zero-order valence-electron chi connectivity index (χ0n) is 9.27. The van der Waals surface area contributed by atoms with Gasteiger partial charge in [0.15, 0.2) is 0 Å². The van der Waals surface area contributed by atoms with Gasteiger partial charge in [0.05, 0.1) is 0 Å². The van der Waals surface area contributed by atoms with Crippen LogP contribution >= 0.6 is 0 Å². The summed E-state index contributed by atoms with van der Waals surface area (Å²) in [7, 11) is 0. The summed E-state index contributed by atoms with van der Waals surface area (Å²) in [6, 6.07) is 0.720. The van der Waals surface area contributed by atoms with Gasteiger partial charge in [-0.25, -0.2) is 0 Å². The van der Waals surface area contributed by atoms with Crippen molar-refractivity contribution in [3.63, 3.8) is 0 Å². The Morgan fingerprint density at radius 1 is 1.62 bits per heavy atom. The van der Waals surface area contributed by atoms with Gasteiger partial charge in [-0.05, 0) is 37.1 Å². The van der Waals surface area contributed by atoms with Crippen molar-refractivity contribution in [3.05, 3.63) is 12.7 Å². The van der Waals surface area contributed by atoms with Crippen molar-refractivity contribution in [1.29, 1.82) is 0 Å². The lowest BCUT2D eigenvalue weighted by molar-refractivity contribution is 0.393. The molecule has 2 atom stereocenters. The molecule has 1 rings (SSSR count). The van der Waals surface area contributed by atoms with Crippen LogP contribution in [-0.4, -0.2) is 12.6 Å². The summed E-state index contributed by atoms with van der Waals surface area (Å²) in [4.78, 5) is 0. The van der Waals surface area contributed by atoms with E-state index < -0.39 is 0 Å². The van der Waals surface area contributed by atoms with Crippen LogP contribution in [0.25, 0.3) is 0 Å². The van der Waals surface area contributed by atoms with E-state index in [0.29, 0.717) is 5.41 Å². The van der Waals surface area contributed by atoms with E-state index >= 15 is 0 Å². The topological polar surface area (TPSA) is 12.0 Å². The van der Waals surface area contributed by atoms with Crippen LogP contribution in [-0.2, 0) is 0 Å². The number of nitrogens with one attached hydrogen (secondary N) is 1. The van der Waals surface area contributed by atoms with Crippen LogP contribution < -0.4 is 5.32 Å². The Morgan fingerprint density at radius 3 is 2.62 bits per heavy atom. The van der Waals surface area contributed by atoms with E-state index in [1.54, 1.807) is 0 Å². The summed E-state index contributed by atoms with van der Waals surface area (Å²) in [5, 5.41) is 3.59. The highest BCUT2D eigenvalue weighted by Gasteiger charge is 2.49. The third-order valence-corrected chi connectivity index (χ3v) is 3.22. The molecule has 0 amide bonds. The fourth-order valence-electron chi connectivity index (χ4n) is 2.20. The summed E-state index contributed by atoms with van der Waals surface area (Å²) in [5.74, 6) is 0.896. The molecule has 0 aliphatic heterocycles. The molecule has 0 aromatic rings. The molecule has 1 aliphatic carbocycles. The SMILES string of the molecule is C=CCCC(NCC)C1CC1(C)C. The fraction of sp³-hybridized carbons (Fsp3) is 0.833. The van der Waals surface area contributed by atoms with Crippen LogP contribution in [0.1, 0.15) is 40.0 Å². The summed E-state index contributed by atoms with van der Waals surface area (Å²) < 4.78 is 0. The molecule has 0 bridgehead atoms. The molecule has 76 valence electrons. The van der Waals surface area contributed by atoms with E-state index in [1.807, 2.05) is 6.08 Å². The second-order valence-corrected chi connectivity index (χ2v) is 4.83. The van der Waals surface area contributed by atoms with Crippen molar-refractivity contribution in [3.8, 4) is 0 Å². The van der Waals surface area contributed by atoms with Crippen LogP contribution in [0.5, 0.6) is 0 Å². The molecule has 1 aliphatic rings. The van der Waals surface area contributed by atoms with Crippen LogP contribution in [0.4, 0.5) is 0 Å². The fourth-order valence-corrected chi connectivity index (χ4v) is 2.20. The third-order valence-electron chi connectivity index (χ3n) is 3.22. The van der Waals surface area contributed by atoms with E-state index in [-0.39, 0.29) is 0 Å². The molecule has 1 fully saturated rings. The summed E-state index contributed by atoms with van der Waals surface area (Å²) in [6.45, 7) is 11.8. The zero-order valence-corrected chi connectivity index (χ0v) is 9.27. The lowest BCUT2D eigenvalue weighted by Gasteiger charge is -2.18. The molecule has 13 heavy (non-hydrogen) atoms. The molecule has 0 radical (unpaired) electrons. The lowest BCUT2D eigenvalue weighted by atomic mass is 10.00. The quantitative estimate of drug-likeness (QED) is 0.621. The Morgan fingerprint density at radius 2 is 2.23 bits per heavy atom. The Bertz CT molecular complexity index is 172. The maximum atomic E-state index is 3.78. The predicted molar refractivity (Wildman–Crippen MR) is 58.8 cm³/mol. The minimum Gasteiger partial charge on any atom is -0.314 e. The van der Waals surface area contributed by atoms with Crippen LogP contribution in [0.15, 0.2) is 12.7 Å². The Labute approximate surface area is 82.6 Å². The minimum absolute atomic E-state index is 0.591. The van der Waals surface area contributed by atoms with Crippen LogP contribution in [0.3, 0.4) is 0 Å². The van der Waals surface area contributed by atoms with Gasteiger partial charge < -0.3 is 5.32 Å². The van der Waals surface area contributed by atoms with Crippen molar-refractivity contribution >= 4 is 0 Å². The van der Waals surface area contributed by atoms with Gasteiger partial charge in [-0.3, -0.25) is 0 Å². The van der Waals surface area contributed by atoms with E-state index in [9.17, 15) is 0 Å². The van der Waals surface area contributed by atoms with E-state index in [4.69, 9.17) is 0 Å². The van der Waals surface area contributed by atoms with Gasteiger partial charge in [0.2, 0.25) is 0 Å². The summed E-state index contributed by atoms with van der Waals surface area (Å²) >= 11 is 0. The van der Waals surface area contributed by atoms with Crippen LogP contribution in [0, 0.1) is 11.3 Å². The van der Waals surface area contributed by atoms with Crippen molar-refractivity contribution < 1.29 is 0 Å². The Balaban J connectivity index is 2.35. The maximum Gasteiger partial charge on any atom is 0.0103 e. The van der Waals surface area contributed by atoms with Crippen molar-refractivity contribution in [2.24, 2.45) is 11.3 Å². The Kier molecular flexibility index (Phi) is 3.55. The van der Waals surface area contributed by atoms with Gasteiger partial charge in [0.1, 0.15) is 0 Å². The average Bonchev–Trinajstić information content (AvgIpc) is 2.69. The third kappa shape index (κ3) is 2.84. The first-order chi connectivity index (χ1) is 6.11. The monoisotopic (exact) mass is 181 g/mol. The zero-order chi connectivity index (χ0) is 9.90. The van der Waals surface area contributed by atoms with Crippen molar-refractivity contribution in [1.82, 2.24) is 5.32 Å². The number of hydrogen-bond donors (Lipinski definition) is 1. The van der Waals surface area contributed by atoms with Gasteiger partial charge in [-0.15, -0.1) is 6.58 Å². The largest absolute Gasteiger partial charge is 0.314 e. The van der Waals surface area contributed by atoms with Crippen molar-refractivity contribution in [2.75, 3.05) is 6.54 Å². The van der Waals surface area contributed by atoms with Gasteiger partial charge in [-0.1, -0.05) is 26.8 Å². The van der Waals surface area contributed by atoms with Gasteiger partial charge in [-0.2, -0.15) is 0 Å². The summed E-state index contributed by atoms with van der Waals surface area (Å²) in [6.07, 6.45) is 5.82. The molecule has 1 nitrogen and oxygen atoms in total. The van der Waals surface area contributed by atoms with E-state index in [1.165, 1.54) is 12.8 Å². The molecule has 0 spiro atoms. The molecular formula is C12H23N. The molecule has 1 heteroatoms. The Hall–Kier alpha value is -0.300. The first-order valence-electron chi connectivity index (χ1n) is 5.46. The predicted octanol–water partition coefficient (Wildman–Crippen LogP) is 2.98. The molecule has 2 unspecified atom stereocenters. The first kappa shape index (κ1) is 10.8. The molecule has 0 saturated heterocycles. The van der Waals surface area contributed by atoms with Crippen LogP contribution in [0.2, 0.25) is 0 Å². The number of allylic oxidation sites excluding steroid dienone is 1. The standard InChI is InChI=1S/C12H23N/c1-5-7-8-11(13-6-2)10-9-12(10,3)4/h5,10-11,13H,1,6-9H2,2-4H3. The first-order valence-corrected chi connectivity index (χ1v) is 5.46. The normalized spacial score (nSPS) is 26.8. The highest BCUT2D eigenvalue weighted by atomic mass is 14.9. The second kappa shape index (κ2) is 4.28. The lowest BCUT2D eigenvalue weighted by Crippen LogP contribution is -2.32. The number of rotatable bonds is 6. The molecule has 0 aromatic carbocycles. The highest BCUT2D eigenvalue weighted by Crippen LogP contribution is 2.54. The second-order valence-electron chi connectivity index (χ2n) is 4.83. The van der Waals surface area contributed by atoms with Crippen molar-refractivity contribution in [2.45, 2.75) is 46.1 Å². The minimum atomic E-state index is 0.591. The molecule has 0 heterocycles. The van der Waals surface area contributed by atoms with E-state index in [0.717, 1.165) is 24.9 Å². The molecule has 0 aromatic heterocycles. The summed E-state index contributed by atoms with van der Waals surface area (Å²) in [5.41, 5.74) is 0.591. The molecule has 1 saturated carbocycles. The number of hydrogen-bond acceptors (Lipinski definition) is 1. The highest BCUT2D eigenvalue weighted by molar-refractivity contribution is 5.01. The van der Waals surface area contributed by atoms with Gasteiger partial charge >= 0.3 is 0 Å². The smallest absolute Gasteiger partial charge is 0.0103 e. The van der Waals surface area contributed by atoms with Gasteiger partial charge in [0, 0.05) is 6.04 Å². The maximum absolute atomic E-state index is 3.78. The molecule has 1 N–H and O–H groups in total. The molecular weight excluding hydrogens is 158 g/mol. The van der Waals surface area contributed by atoms with Gasteiger partial charge in [0.25, 0.3) is 0 Å². The average molecular weight is 181 g/mol. The van der Waals surface area contributed by atoms with E-state index in [2.05, 4.69) is 32.7 Å².